The Kier molecular flexibility index (Phi) is 6.38. The zero-order valence-electron chi connectivity index (χ0n) is 19.5. The molecule has 0 heterocycles. The molecule has 1 aromatic rings. The molecule has 0 bridgehead atoms. The summed E-state index contributed by atoms with van der Waals surface area (Å²) in [5.41, 5.74) is 4.87. The normalized spacial score (nSPS) is 18.2. The molecule has 1 atom stereocenters. The van der Waals surface area contributed by atoms with Crippen molar-refractivity contribution in [3.05, 3.63) is 64.8 Å². The maximum absolute atomic E-state index is 11.1. The number of hydrogen-bond donors (Lipinski definition) is 1. The van der Waals surface area contributed by atoms with Gasteiger partial charge in [0.1, 0.15) is 5.75 Å². The summed E-state index contributed by atoms with van der Waals surface area (Å²) in [5.74, 6) is 0.927. The third-order valence-corrected chi connectivity index (χ3v) is 5.44. The third kappa shape index (κ3) is 5.19. The second kappa shape index (κ2) is 7.93. The zero-order chi connectivity index (χ0) is 21.3. The van der Waals surface area contributed by atoms with Gasteiger partial charge in [0.05, 0.1) is 0 Å². The van der Waals surface area contributed by atoms with Crippen LogP contribution in [0.25, 0.3) is 0 Å². The number of hydrogen-bond acceptors (Lipinski definition) is 1. The van der Waals surface area contributed by atoms with E-state index in [1.807, 2.05) is 6.07 Å². The minimum Gasteiger partial charge on any atom is -0.508 e. The van der Waals surface area contributed by atoms with Gasteiger partial charge in [-0.1, -0.05) is 98.8 Å². The molecule has 0 aliphatic heterocycles. The molecule has 1 aromatic carbocycles. The molecule has 28 heavy (non-hydrogen) atoms. The van der Waals surface area contributed by atoms with Gasteiger partial charge < -0.3 is 5.11 Å². The Hall–Kier alpha value is -1.76. The molecule has 1 heteroatoms. The van der Waals surface area contributed by atoms with Gasteiger partial charge in [0.25, 0.3) is 0 Å². The minimum absolute atomic E-state index is 0.0233. The summed E-state index contributed by atoms with van der Waals surface area (Å²) in [6.07, 6.45) is 15.4. The van der Waals surface area contributed by atoms with Crippen molar-refractivity contribution in [1.82, 2.24) is 0 Å². The fraction of sp³-hybridized carbons (Fsp3) is 0.556. The van der Waals surface area contributed by atoms with Crippen molar-refractivity contribution >= 4 is 0 Å². The van der Waals surface area contributed by atoms with E-state index in [-0.39, 0.29) is 16.2 Å². The smallest absolute Gasteiger partial charge is 0.119 e. The van der Waals surface area contributed by atoms with Crippen LogP contribution in [0.3, 0.4) is 0 Å². The van der Waals surface area contributed by atoms with E-state index >= 15 is 0 Å². The van der Waals surface area contributed by atoms with Gasteiger partial charge >= 0.3 is 0 Å². The van der Waals surface area contributed by atoms with Crippen LogP contribution in [0.1, 0.15) is 91.0 Å². The molecule has 0 fully saturated rings. The van der Waals surface area contributed by atoms with Gasteiger partial charge in [-0.3, -0.25) is 0 Å². The average Bonchev–Trinajstić information content (AvgIpc) is 2.53. The van der Waals surface area contributed by atoms with Crippen LogP contribution in [-0.4, -0.2) is 5.11 Å². The molecule has 1 aliphatic carbocycles. The van der Waals surface area contributed by atoms with Gasteiger partial charge in [-0.25, -0.2) is 0 Å². The number of rotatable bonds is 3. The summed E-state index contributed by atoms with van der Waals surface area (Å²) in [7, 11) is 0. The predicted molar refractivity (Wildman–Crippen MR) is 123 cm³/mol. The van der Waals surface area contributed by atoms with Gasteiger partial charge in [-0.2, -0.15) is 0 Å². The van der Waals surface area contributed by atoms with Crippen LogP contribution in [0.15, 0.2) is 42.5 Å². The van der Waals surface area contributed by atoms with Crippen LogP contribution in [0.4, 0.5) is 0 Å². The Morgan fingerprint density at radius 1 is 0.893 bits per heavy atom. The summed E-state index contributed by atoms with van der Waals surface area (Å²) in [4.78, 5) is 0. The van der Waals surface area contributed by atoms with E-state index in [1.54, 1.807) is 0 Å². The molecule has 1 aliphatic rings. The highest BCUT2D eigenvalue weighted by molar-refractivity contribution is 5.57. The molecule has 0 radical (unpaired) electrons. The summed E-state index contributed by atoms with van der Waals surface area (Å²) in [6, 6.07) is 2.03. The number of phenolic OH excluding ortho intramolecular Hbond substituents is 1. The van der Waals surface area contributed by atoms with Crippen LogP contribution in [-0.2, 0) is 22.7 Å². The van der Waals surface area contributed by atoms with Crippen molar-refractivity contribution in [2.24, 2.45) is 5.92 Å². The minimum atomic E-state index is -0.113. The van der Waals surface area contributed by atoms with Crippen LogP contribution in [0.5, 0.6) is 5.75 Å². The monoisotopic (exact) mass is 380 g/mol. The molecule has 154 valence electrons. The van der Waals surface area contributed by atoms with E-state index in [1.165, 1.54) is 16.7 Å². The number of aromatic hydroxyl groups is 1. The molecule has 1 nitrogen and oxygen atoms in total. The molecule has 0 spiro atoms. The molecule has 2 rings (SSSR count). The fourth-order valence-electron chi connectivity index (χ4n) is 4.28. The topological polar surface area (TPSA) is 20.2 Å². The molecule has 0 aromatic heterocycles. The maximum atomic E-state index is 11.1. The number of phenols is 1. The van der Waals surface area contributed by atoms with E-state index in [0.29, 0.717) is 11.7 Å². The fourth-order valence-corrected chi connectivity index (χ4v) is 4.28. The highest BCUT2D eigenvalue weighted by Crippen LogP contribution is 2.45. The van der Waals surface area contributed by atoms with Crippen molar-refractivity contribution < 1.29 is 5.11 Å². The lowest BCUT2D eigenvalue weighted by molar-refractivity contribution is 0.429. The van der Waals surface area contributed by atoms with E-state index < -0.39 is 0 Å². The Balaban J connectivity index is 2.66. The van der Waals surface area contributed by atoms with E-state index in [9.17, 15) is 5.11 Å². The van der Waals surface area contributed by atoms with Gasteiger partial charge in [0.15, 0.2) is 0 Å². The Labute approximate surface area is 173 Å². The quantitative estimate of drug-likeness (QED) is 0.538. The van der Waals surface area contributed by atoms with Crippen LogP contribution >= 0.6 is 0 Å². The summed E-state index contributed by atoms with van der Waals surface area (Å²) in [6.45, 7) is 20.1. The van der Waals surface area contributed by atoms with E-state index in [4.69, 9.17) is 0 Å². The standard InChI is InChI=1S/C27H40O/c1-25(2,3)21-18-22(28)24(27(7,8)9)23(26(4,5)6)20(21)17-13-16-19-14-11-10-12-15-19/h10-14,16,18-19,28H,15,17H2,1-9H3. The lowest BCUT2D eigenvalue weighted by Gasteiger charge is -2.36. The van der Waals surface area contributed by atoms with Crippen LogP contribution in [0.2, 0.25) is 0 Å². The first-order valence-electron chi connectivity index (χ1n) is 10.6. The SMILES string of the molecule is CC(C)(C)c1cc(O)c(C(C)(C)C)c(C(C)(C)C)c1CC=CC1C=CC=CC1. The predicted octanol–water partition coefficient (Wildman–Crippen LogP) is 7.52. The molecule has 0 saturated carbocycles. The number of benzene rings is 1. The second-order valence-corrected chi connectivity index (χ2v) is 11.3. The van der Waals surface area contributed by atoms with Crippen molar-refractivity contribution in [1.29, 1.82) is 0 Å². The Morgan fingerprint density at radius 2 is 1.50 bits per heavy atom. The maximum Gasteiger partial charge on any atom is 0.119 e. The van der Waals surface area contributed by atoms with Crippen molar-refractivity contribution in [3.63, 3.8) is 0 Å². The highest BCUT2D eigenvalue weighted by atomic mass is 16.3. The first kappa shape index (κ1) is 22.5. The van der Waals surface area contributed by atoms with E-state index in [2.05, 4.69) is 98.8 Å². The van der Waals surface area contributed by atoms with Crippen LogP contribution < -0.4 is 0 Å². The number of allylic oxidation sites excluding steroid dienone is 6. The average molecular weight is 381 g/mol. The molecular weight excluding hydrogens is 340 g/mol. The largest absolute Gasteiger partial charge is 0.508 e. The summed E-state index contributed by atoms with van der Waals surface area (Å²) >= 11 is 0. The summed E-state index contributed by atoms with van der Waals surface area (Å²) in [5, 5.41) is 11.1. The van der Waals surface area contributed by atoms with Crippen molar-refractivity contribution in [3.8, 4) is 5.75 Å². The Morgan fingerprint density at radius 3 is 1.96 bits per heavy atom. The van der Waals surface area contributed by atoms with Gasteiger partial charge in [-0.05, 0) is 57.8 Å². The van der Waals surface area contributed by atoms with Crippen molar-refractivity contribution in [2.75, 3.05) is 0 Å². The molecule has 1 N–H and O–H groups in total. The van der Waals surface area contributed by atoms with Gasteiger partial charge in [-0.15, -0.1) is 0 Å². The Bertz CT molecular complexity index is 784. The van der Waals surface area contributed by atoms with Gasteiger partial charge in [0, 0.05) is 5.56 Å². The third-order valence-electron chi connectivity index (χ3n) is 5.44. The van der Waals surface area contributed by atoms with E-state index in [0.717, 1.165) is 18.4 Å². The highest BCUT2D eigenvalue weighted by Gasteiger charge is 2.34. The summed E-state index contributed by atoms with van der Waals surface area (Å²) < 4.78 is 0. The lowest BCUT2D eigenvalue weighted by atomic mass is 9.68. The zero-order valence-corrected chi connectivity index (χ0v) is 19.5. The molecule has 1 unspecified atom stereocenters. The molecular formula is C27H40O. The van der Waals surface area contributed by atoms with Gasteiger partial charge in [0.2, 0.25) is 0 Å². The second-order valence-electron chi connectivity index (χ2n) is 11.3. The van der Waals surface area contributed by atoms with Crippen molar-refractivity contribution in [2.45, 2.75) is 91.4 Å². The van der Waals surface area contributed by atoms with Crippen LogP contribution in [0, 0.1) is 5.92 Å². The first-order chi connectivity index (χ1) is 12.7. The molecule has 0 saturated heterocycles. The molecule has 0 amide bonds. The first-order valence-corrected chi connectivity index (χ1v) is 10.6. The lowest BCUT2D eigenvalue weighted by Crippen LogP contribution is -2.27.